The number of carbonyl (C=O) groups is 1. The Morgan fingerprint density at radius 2 is 2.45 bits per heavy atom. The van der Waals surface area contributed by atoms with Crippen molar-refractivity contribution in [3.63, 3.8) is 0 Å². The molecule has 1 rings (SSSR count). The van der Waals surface area contributed by atoms with Gasteiger partial charge in [0.15, 0.2) is 0 Å². The molecule has 1 heterocycles. The Labute approximate surface area is 66.1 Å². The van der Waals surface area contributed by atoms with Crippen LogP contribution in [0, 0.1) is 0 Å². The Bertz CT molecular complexity index is 153. The second-order valence-electron chi connectivity index (χ2n) is 3.21. The van der Waals surface area contributed by atoms with Gasteiger partial charge in [0, 0.05) is 6.61 Å². The van der Waals surface area contributed by atoms with Crippen molar-refractivity contribution in [3.05, 3.63) is 0 Å². The van der Waals surface area contributed by atoms with Gasteiger partial charge in [0.05, 0.1) is 12.1 Å². The maximum atomic E-state index is 10.5. The fraction of sp³-hybridized carbons (Fsp3) is 0.857. The minimum atomic E-state index is -0.474. The van der Waals surface area contributed by atoms with Crippen LogP contribution in [0.25, 0.3) is 0 Å². The van der Waals surface area contributed by atoms with Crippen LogP contribution in [0.4, 0.5) is 4.79 Å². The monoisotopic (exact) mass is 158 g/mol. The molecule has 64 valence electrons. The van der Waals surface area contributed by atoms with E-state index in [-0.39, 0.29) is 5.54 Å². The zero-order chi connectivity index (χ0) is 8.32. The maximum absolute atomic E-state index is 10.5. The van der Waals surface area contributed by atoms with Crippen LogP contribution < -0.4 is 11.1 Å². The first-order valence-corrected chi connectivity index (χ1v) is 3.78. The predicted octanol–water partition coefficient (Wildman–Crippen LogP) is 0.224. The first-order chi connectivity index (χ1) is 5.12. The molecule has 3 N–H and O–H groups in total. The van der Waals surface area contributed by atoms with Gasteiger partial charge in [-0.1, -0.05) is 0 Å². The third kappa shape index (κ3) is 2.38. The van der Waals surface area contributed by atoms with Crippen molar-refractivity contribution in [2.24, 2.45) is 5.73 Å². The highest BCUT2D eigenvalue weighted by molar-refractivity contribution is 5.72. The number of hydrogen-bond donors (Lipinski definition) is 2. The van der Waals surface area contributed by atoms with Crippen LogP contribution in [0.5, 0.6) is 0 Å². The lowest BCUT2D eigenvalue weighted by atomic mass is 9.95. The maximum Gasteiger partial charge on any atom is 0.312 e. The van der Waals surface area contributed by atoms with Crippen LogP contribution >= 0.6 is 0 Å². The first kappa shape index (κ1) is 8.33. The highest BCUT2D eigenvalue weighted by atomic mass is 16.5. The summed E-state index contributed by atoms with van der Waals surface area (Å²) in [6, 6.07) is -0.474. The van der Waals surface area contributed by atoms with E-state index in [4.69, 9.17) is 10.5 Å². The molecule has 1 aliphatic heterocycles. The smallest absolute Gasteiger partial charge is 0.312 e. The molecule has 1 unspecified atom stereocenters. The Morgan fingerprint density at radius 3 is 2.91 bits per heavy atom. The number of carbonyl (C=O) groups excluding carboxylic acids is 1. The van der Waals surface area contributed by atoms with E-state index < -0.39 is 6.03 Å². The topological polar surface area (TPSA) is 64.3 Å². The van der Waals surface area contributed by atoms with Gasteiger partial charge in [-0.2, -0.15) is 0 Å². The molecule has 4 nitrogen and oxygen atoms in total. The zero-order valence-corrected chi connectivity index (χ0v) is 6.72. The van der Waals surface area contributed by atoms with Crippen molar-refractivity contribution < 1.29 is 9.53 Å². The fourth-order valence-corrected chi connectivity index (χ4v) is 1.33. The van der Waals surface area contributed by atoms with Gasteiger partial charge in [-0.25, -0.2) is 4.79 Å². The van der Waals surface area contributed by atoms with Crippen molar-refractivity contribution in [3.8, 4) is 0 Å². The molecule has 1 aliphatic rings. The molecule has 1 fully saturated rings. The lowest BCUT2D eigenvalue weighted by molar-refractivity contribution is 0.0339. The predicted molar refractivity (Wildman–Crippen MR) is 41.2 cm³/mol. The van der Waals surface area contributed by atoms with E-state index in [1.54, 1.807) is 0 Å². The number of amides is 2. The number of ether oxygens (including phenoxy) is 1. The summed E-state index contributed by atoms with van der Waals surface area (Å²) in [4.78, 5) is 10.5. The summed E-state index contributed by atoms with van der Waals surface area (Å²) in [5.74, 6) is 0. The lowest BCUT2D eigenvalue weighted by Crippen LogP contribution is -2.53. The van der Waals surface area contributed by atoms with E-state index in [9.17, 15) is 4.79 Å². The van der Waals surface area contributed by atoms with Crippen LogP contribution in [-0.4, -0.2) is 24.8 Å². The van der Waals surface area contributed by atoms with Gasteiger partial charge in [0.1, 0.15) is 0 Å². The Morgan fingerprint density at radius 1 is 1.73 bits per heavy atom. The van der Waals surface area contributed by atoms with Crippen LogP contribution in [0.3, 0.4) is 0 Å². The summed E-state index contributed by atoms with van der Waals surface area (Å²) in [5, 5.41) is 2.67. The second kappa shape index (κ2) is 3.09. The summed E-state index contributed by atoms with van der Waals surface area (Å²) in [6.07, 6.45) is 1.92. The SMILES string of the molecule is CC1(NC(N)=O)CCCOC1. The summed E-state index contributed by atoms with van der Waals surface area (Å²) >= 11 is 0. The molecule has 1 saturated heterocycles. The summed E-state index contributed by atoms with van der Waals surface area (Å²) in [5.41, 5.74) is 4.76. The highest BCUT2D eigenvalue weighted by Gasteiger charge is 2.28. The average Bonchev–Trinajstić information content (AvgIpc) is 1.85. The van der Waals surface area contributed by atoms with Gasteiger partial charge in [-0.05, 0) is 19.8 Å². The van der Waals surface area contributed by atoms with Gasteiger partial charge in [-0.15, -0.1) is 0 Å². The van der Waals surface area contributed by atoms with Gasteiger partial charge < -0.3 is 15.8 Å². The van der Waals surface area contributed by atoms with Crippen molar-refractivity contribution in [1.29, 1.82) is 0 Å². The van der Waals surface area contributed by atoms with E-state index in [1.165, 1.54) is 0 Å². The minimum absolute atomic E-state index is 0.246. The van der Waals surface area contributed by atoms with E-state index in [1.807, 2.05) is 6.92 Å². The summed E-state index contributed by atoms with van der Waals surface area (Å²) < 4.78 is 5.22. The largest absolute Gasteiger partial charge is 0.379 e. The van der Waals surface area contributed by atoms with Crippen molar-refractivity contribution in [2.75, 3.05) is 13.2 Å². The van der Waals surface area contributed by atoms with Crippen molar-refractivity contribution >= 4 is 6.03 Å². The molecule has 0 spiro atoms. The highest BCUT2D eigenvalue weighted by Crippen LogP contribution is 2.17. The molecule has 4 heteroatoms. The van der Waals surface area contributed by atoms with E-state index in [0.29, 0.717) is 6.61 Å². The number of urea groups is 1. The van der Waals surface area contributed by atoms with Gasteiger partial charge in [-0.3, -0.25) is 0 Å². The third-order valence-electron chi connectivity index (χ3n) is 1.86. The number of rotatable bonds is 1. The molecule has 1 atom stereocenters. The molecule has 0 aromatic heterocycles. The molecule has 0 bridgehead atoms. The lowest BCUT2D eigenvalue weighted by Gasteiger charge is -2.33. The Balaban J connectivity index is 2.43. The van der Waals surface area contributed by atoms with Crippen LogP contribution in [0.2, 0.25) is 0 Å². The van der Waals surface area contributed by atoms with Crippen LogP contribution in [-0.2, 0) is 4.74 Å². The number of primary amides is 1. The fourth-order valence-electron chi connectivity index (χ4n) is 1.33. The minimum Gasteiger partial charge on any atom is -0.379 e. The first-order valence-electron chi connectivity index (χ1n) is 3.78. The zero-order valence-electron chi connectivity index (χ0n) is 6.72. The van der Waals surface area contributed by atoms with Crippen LogP contribution in [0.1, 0.15) is 19.8 Å². The molecule has 2 amide bonds. The Hall–Kier alpha value is -0.770. The van der Waals surface area contributed by atoms with Gasteiger partial charge in [0.25, 0.3) is 0 Å². The van der Waals surface area contributed by atoms with E-state index >= 15 is 0 Å². The summed E-state index contributed by atoms with van der Waals surface area (Å²) in [6.45, 7) is 3.29. The van der Waals surface area contributed by atoms with Gasteiger partial charge in [0.2, 0.25) is 0 Å². The number of nitrogens with one attached hydrogen (secondary N) is 1. The third-order valence-corrected chi connectivity index (χ3v) is 1.86. The second-order valence-corrected chi connectivity index (χ2v) is 3.21. The standard InChI is InChI=1S/C7H14N2O2/c1-7(9-6(8)10)3-2-4-11-5-7/h2-5H2,1H3,(H3,8,9,10). The molecular formula is C7H14N2O2. The molecule has 0 aromatic carbocycles. The molecule has 0 saturated carbocycles. The van der Waals surface area contributed by atoms with Crippen molar-refractivity contribution in [2.45, 2.75) is 25.3 Å². The van der Waals surface area contributed by atoms with E-state index in [0.717, 1.165) is 19.4 Å². The quantitative estimate of drug-likeness (QED) is 0.573. The normalized spacial score (nSPS) is 31.4. The van der Waals surface area contributed by atoms with Gasteiger partial charge >= 0.3 is 6.03 Å². The molecule has 11 heavy (non-hydrogen) atoms. The Kier molecular flexibility index (Phi) is 2.34. The summed E-state index contributed by atoms with van der Waals surface area (Å²) in [7, 11) is 0. The number of nitrogens with two attached hydrogens (primary N) is 1. The molecular weight excluding hydrogens is 144 g/mol. The van der Waals surface area contributed by atoms with Crippen LogP contribution in [0.15, 0.2) is 0 Å². The average molecular weight is 158 g/mol. The molecule has 0 aromatic rings. The molecule has 0 radical (unpaired) electrons. The van der Waals surface area contributed by atoms with E-state index in [2.05, 4.69) is 5.32 Å². The number of hydrogen-bond acceptors (Lipinski definition) is 2. The molecule has 0 aliphatic carbocycles. The van der Waals surface area contributed by atoms with Crippen molar-refractivity contribution in [1.82, 2.24) is 5.32 Å².